The molecule has 0 aliphatic carbocycles. The summed E-state index contributed by atoms with van der Waals surface area (Å²) >= 11 is 3.31. The molecule has 3 aromatic rings. The van der Waals surface area contributed by atoms with Gasteiger partial charge in [-0.25, -0.2) is 4.68 Å². The van der Waals surface area contributed by atoms with Crippen LogP contribution in [0, 0.1) is 11.3 Å². The minimum atomic E-state index is 0.188. The van der Waals surface area contributed by atoms with Crippen molar-refractivity contribution >= 4 is 15.9 Å². The Kier molecular flexibility index (Phi) is 3.67. The topological polar surface area (TPSA) is 63.7 Å². The van der Waals surface area contributed by atoms with Crippen LogP contribution in [0.2, 0.25) is 0 Å². The number of aromatic nitrogens is 3. The van der Waals surface area contributed by atoms with E-state index in [1.165, 1.54) is 0 Å². The maximum absolute atomic E-state index is 9.15. The van der Waals surface area contributed by atoms with Gasteiger partial charge in [0, 0.05) is 4.47 Å². The first-order chi connectivity index (χ1) is 10.3. The summed E-state index contributed by atoms with van der Waals surface area (Å²) in [6, 6.07) is 17.1. The molecule has 0 atom stereocenters. The third kappa shape index (κ3) is 2.78. The molecule has 0 unspecified atom stereocenters. The number of benzene rings is 2. The van der Waals surface area contributed by atoms with E-state index in [0.717, 1.165) is 5.69 Å². The zero-order valence-electron chi connectivity index (χ0n) is 10.8. The number of halogens is 1. The van der Waals surface area contributed by atoms with Crippen molar-refractivity contribution in [2.24, 2.45) is 0 Å². The van der Waals surface area contributed by atoms with E-state index in [1.54, 1.807) is 29.2 Å². The molecule has 102 valence electrons. The highest BCUT2D eigenvalue weighted by Gasteiger charge is 2.11. The predicted octanol–water partition coefficient (Wildman–Crippen LogP) is 3.69. The highest BCUT2D eigenvalue weighted by Crippen LogP contribution is 2.28. The van der Waals surface area contributed by atoms with Crippen molar-refractivity contribution in [3.8, 4) is 23.5 Å². The van der Waals surface area contributed by atoms with Crippen molar-refractivity contribution in [3.05, 3.63) is 64.9 Å². The van der Waals surface area contributed by atoms with Gasteiger partial charge in [0.2, 0.25) is 0 Å². The summed E-state index contributed by atoms with van der Waals surface area (Å²) in [5, 5.41) is 13.4. The molecule has 1 heterocycles. The molecule has 1 aromatic heterocycles. The molecular formula is C15H9BrN4O. The van der Waals surface area contributed by atoms with Crippen molar-refractivity contribution in [1.82, 2.24) is 14.8 Å². The molecule has 0 bridgehead atoms. The molecule has 5 nitrogen and oxygen atoms in total. The zero-order valence-corrected chi connectivity index (χ0v) is 12.4. The first-order valence-corrected chi connectivity index (χ1v) is 6.91. The molecule has 2 aromatic carbocycles. The van der Waals surface area contributed by atoms with Crippen molar-refractivity contribution in [1.29, 1.82) is 5.26 Å². The lowest BCUT2D eigenvalue weighted by Gasteiger charge is -2.04. The fourth-order valence-corrected chi connectivity index (χ4v) is 2.23. The molecule has 0 amide bonds. The molecule has 0 spiro atoms. The van der Waals surface area contributed by atoms with Crippen LogP contribution < -0.4 is 4.74 Å². The number of para-hydroxylation sites is 1. The normalized spacial score (nSPS) is 10.1. The van der Waals surface area contributed by atoms with Crippen LogP contribution in [0.5, 0.6) is 11.8 Å². The smallest absolute Gasteiger partial charge is 0.341 e. The zero-order chi connectivity index (χ0) is 14.7. The summed E-state index contributed by atoms with van der Waals surface area (Å²) < 4.78 is 7.87. The van der Waals surface area contributed by atoms with Gasteiger partial charge >= 0.3 is 6.01 Å². The van der Waals surface area contributed by atoms with Crippen LogP contribution in [0.4, 0.5) is 0 Å². The Bertz CT molecular complexity index is 808. The summed E-state index contributed by atoms with van der Waals surface area (Å²) in [6.07, 6.45) is 1.56. The van der Waals surface area contributed by atoms with Crippen molar-refractivity contribution in [2.45, 2.75) is 0 Å². The monoisotopic (exact) mass is 340 g/mol. The largest absolute Gasteiger partial charge is 0.422 e. The van der Waals surface area contributed by atoms with E-state index in [9.17, 15) is 0 Å². The van der Waals surface area contributed by atoms with Crippen LogP contribution in [-0.2, 0) is 0 Å². The Morgan fingerprint density at radius 1 is 1.10 bits per heavy atom. The van der Waals surface area contributed by atoms with Crippen LogP contribution in [0.25, 0.3) is 5.69 Å². The standard InChI is InChI=1S/C15H9BrN4O/c16-13-7-4-8-14(12(13)9-17)21-15-18-10-20(19-15)11-5-2-1-3-6-11/h1-8,10H. The fraction of sp³-hybridized carbons (Fsp3) is 0. The highest BCUT2D eigenvalue weighted by molar-refractivity contribution is 9.10. The Balaban J connectivity index is 1.89. The van der Waals surface area contributed by atoms with Gasteiger partial charge in [0.25, 0.3) is 0 Å². The summed E-state index contributed by atoms with van der Waals surface area (Å²) in [5.74, 6) is 0.415. The molecule has 0 saturated carbocycles. The molecule has 21 heavy (non-hydrogen) atoms. The molecule has 0 N–H and O–H groups in total. The van der Waals surface area contributed by atoms with Crippen LogP contribution in [0.1, 0.15) is 5.56 Å². The Morgan fingerprint density at radius 2 is 1.90 bits per heavy atom. The molecule has 3 rings (SSSR count). The van der Waals surface area contributed by atoms with E-state index in [2.05, 4.69) is 32.1 Å². The van der Waals surface area contributed by atoms with Crippen molar-refractivity contribution in [3.63, 3.8) is 0 Å². The van der Waals surface area contributed by atoms with E-state index in [0.29, 0.717) is 15.8 Å². The van der Waals surface area contributed by atoms with Gasteiger partial charge in [0.15, 0.2) is 0 Å². The lowest BCUT2D eigenvalue weighted by atomic mass is 10.2. The second kappa shape index (κ2) is 5.77. The van der Waals surface area contributed by atoms with E-state index >= 15 is 0 Å². The number of ether oxygens (including phenoxy) is 1. The molecule has 0 fully saturated rings. The fourth-order valence-electron chi connectivity index (χ4n) is 1.80. The van der Waals surface area contributed by atoms with Crippen molar-refractivity contribution < 1.29 is 4.74 Å². The van der Waals surface area contributed by atoms with Gasteiger partial charge in [0.05, 0.1) is 5.69 Å². The molecule has 0 radical (unpaired) electrons. The van der Waals surface area contributed by atoms with Gasteiger partial charge in [-0.15, -0.1) is 5.10 Å². The Morgan fingerprint density at radius 3 is 2.67 bits per heavy atom. The highest BCUT2D eigenvalue weighted by atomic mass is 79.9. The summed E-state index contributed by atoms with van der Waals surface area (Å²) in [7, 11) is 0. The summed E-state index contributed by atoms with van der Waals surface area (Å²) in [4.78, 5) is 4.10. The maximum Gasteiger partial charge on any atom is 0.341 e. The SMILES string of the molecule is N#Cc1c(Br)cccc1Oc1ncn(-c2ccccc2)n1. The van der Waals surface area contributed by atoms with Crippen molar-refractivity contribution in [2.75, 3.05) is 0 Å². The van der Waals surface area contributed by atoms with Gasteiger partial charge in [-0.1, -0.05) is 24.3 Å². The summed E-state index contributed by atoms with van der Waals surface area (Å²) in [5.41, 5.74) is 1.29. The average molecular weight is 341 g/mol. The van der Waals surface area contributed by atoms with E-state index in [4.69, 9.17) is 10.00 Å². The second-order valence-electron chi connectivity index (χ2n) is 4.13. The van der Waals surface area contributed by atoms with E-state index < -0.39 is 0 Å². The van der Waals surface area contributed by atoms with E-state index in [-0.39, 0.29) is 6.01 Å². The van der Waals surface area contributed by atoms with Crippen LogP contribution in [0.15, 0.2) is 59.3 Å². The lowest BCUT2D eigenvalue weighted by molar-refractivity contribution is 0.440. The lowest BCUT2D eigenvalue weighted by Crippen LogP contribution is -1.95. The molecule has 0 aliphatic heterocycles. The number of hydrogen-bond acceptors (Lipinski definition) is 4. The van der Waals surface area contributed by atoms with Crippen LogP contribution >= 0.6 is 15.9 Å². The maximum atomic E-state index is 9.15. The number of hydrogen-bond donors (Lipinski definition) is 0. The minimum absolute atomic E-state index is 0.188. The van der Waals surface area contributed by atoms with E-state index in [1.807, 2.05) is 30.3 Å². The number of nitriles is 1. The average Bonchev–Trinajstić information content (AvgIpc) is 2.97. The Labute approximate surface area is 129 Å². The molecule has 0 aliphatic rings. The third-order valence-electron chi connectivity index (χ3n) is 2.78. The third-order valence-corrected chi connectivity index (χ3v) is 3.44. The van der Waals surface area contributed by atoms with Crippen LogP contribution in [0.3, 0.4) is 0 Å². The predicted molar refractivity (Wildman–Crippen MR) is 80.3 cm³/mol. The summed E-state index contributed by atoms with van der Waals surface area (Å²) in [6.45, 7) is 0. The molecule has 6 heteroatoms. The minimum Gasteiger partial charge on any atom is -0.422 e. The van der Waals surface area contributed by atoms with Gasteiger partial charge in [0.1, 0.15) is 23.7 Å². The second-order valence-corrected chi connectivity index (χ2v) is 4.99. The molecule has 0 saturated heterocycles. The van der Waals surface area contributed by atoms with Gasteiger partial charge in [-0.3, -0.25) is 0 Å². The molecular weight excluding hydrogens is 332 g/mol. The quantitative estimate of drug-likeness (QED) is 0.729. The first-order valence-electron chi connectivity index (χ1n) is 6.11. The number of rotatable bonds is 3. The van der Waals surface area contributed by atoms with Gasteiger partial charge < -0.3 is 4.74 Å². The van der Waals surface area contributed by atoms with Crippen LogP contribution in [-0.4, -0.2) is 14.8 Å². The van der Waals surface area contributed by atoms with Gasteiger partial charge in [-0.05, 0) is 40.2 Å². The first kappa shape index (κ1) is 13.3. The van der Waals surface area contributed by atoms with Gasteiger partial charge in [-0.2, -0.15) is 10.2 Å². The number of nitrogens with zero attached hydrogens (tertiary/aromatic N) is 4. The Hall–Kier alpha value is -2.65.